The molecule has 0 saturated carbocycles. The molecule has 0 unspecified atom stereocenters. The van der Waals surface area contributed by atoms with E-state index in [-0.39, 0.29) is 17.0 Å². The lowest BCUT2D eigenvalue weighted by Crippen LogP contribution is -2.48. The molecule has 5 rings (SSSR count). The number of fused-ring (bicyclic) bond motifs is 2. The number of thiophene rings is 1. The van der Waals surface area contributed by atoms with Gasteiger partial charge in [-0.05, 0) is 31.5 Å². The van der Waals surface area contributed by atoms with Crippen molar-refractivity contribution in [3.8, 4) is 0 Å². The van der Waals surface area contributed by atoms with E-state index >= 15 is 0 Å². The van der Waals surface area contributed by atoms with Gasteiger partial charge in [0.05, 0.1) is 22.8 Å². The van der Waals surface area contributed by atoms with Gasteiger partial charge < -0.3 is 14.9 Å². The van der Waals surface area contributed by atoms with Crippen LogP contribution < -0.4 is 11.1 Å². The van der Waals surface area contributed by atoms with E-state index < -0.39 is 0 Å². The summed E-state index contributed by atoms with van der Waals surface area (Å²) < 4.78 is 0. The molecule has 4 heterocycles. The predicted octanol–water partition coefficient (Wildman–Crippen LogP) is 2.11. The molecule has 10 heteroatoms. The van der Waals surface area contributed by atoms with Gasteiger partial charge in [-0.15, -0.1) is 11.3 Å². The van der Waals surface area contributed by atoms with E-state index in [2.05, 4.69) is 24.8 Å². The molecule has 1 aliphatic rings. The van der Waals surface area contributed by atoms with E-state index in [1.54, 1.807) is 29.5 Å². The number of nitrogens with zero attached hydrogens (tertiary/aromatic N) is 4. The Morgan fingerprint density at radius 3 is 2.53 bits per heavy atom. The summed E-state index contributed by atoms with van der Waals surface area (Å²) in [5.74, 6) is 1.23. The van der Waals surface area contributed by atoms with Crippen LogP contribution in [-0.4, -0.2) is 61.8 Å². The van der Waals surface area contributed by atoms with Crippen molar-refractivity contribution in [2.45, 2.75) is 33.2 Å². The summed E-state index contributed by atoms with van der Waals surface area (Å²) in [6.45, 7) is 7.15. The summed E-state index contributed by atoms with van der Waals surface area (Å²) in [6.07, 6.45) is 0.688. The highest BCUT2D eigenvalue weighted by molar-refractivity contribution is 7.18. The van der Waals surface area contributed by atoms with E-state index in [1.165, 1.54) is 0 Å². The Morgan fingerprint density at radius 2 is 1.74 bits per heavy atom. The number of para-hydroxylation sites is 1. The van der Waals surface area contributed by atoms with Gasteiger partial charge in [0, 0.05) is 43.9 Å². The largest absolute Gasteiger partial charge is 0.340 e. The van der Waals surface area contributed by atoms with E-state index in [0.29, 0.717) is 73.5 Å². The molecule has 0 atom stereocenters. The van der Waals surface area contributed by atoms with Gasteiger partial charge in [-0.1, -0.05) is 12.1 Å². The number of piperazine rings is 1. The average Bonchev–Trinajstić information content (AvgIpc) is 3.11. The maximum Gasteiger partial charge on any atom is 0.259 e. The summed E-state index contributed by atoms with van der Waals surface area (Å²) in [5, 5.41) is 1.23. The second-order valence-electron chi connectivity index (χ2n) is 8.66. The van der Waals surface area contributed by atoms with E-state index in [0.717, 1.165) is 15.3 Å². The topological polar surface area (TPSA) is 115 Å². The van der Waals surface area contributed by atoms with Crippen LogP contribution in [0.25, 0.3) is 21.1 Å². The van der Waals surface area contributed by atoms with Gasteiger partial charge in [-0.3, -0.25) is 19.3 Å². The van der Waals surface area contributed by atoms with Crippen molar-refractivity contribution < 1.29 is 4.79 Å². The third-order valence-electron chi connectivity index (χ3n) is 6.42. The number of benzene rings is 1. The molecule has 0 aliphatic carbocycles. The van der Waals surface area contributed by atoms with Crippen molar-refractivity contribution in [1.29, 1.82) is 0 Å². The fourth-order valence-corrected chi connectivity index (χ4v) is 5.43. The molecule has 176 valence electrons. The normalized spacial score (nSPS) is 14.8. The number of H-pyrrole nitrogens is 2. The van der Waals surface area contributed by atoms with Crippen LogP contribution in [0.4, 0.5) is 0 Å². The number of carbonyl (C=O) groups is 1. The van der Waals surface area contributed by atoms with Crippen molar-refractivity contribution in [3.63, 3.8) is 0 Å². The van der Waals surface area contributed by atoms with E-state index in [1.807, 2.05) is 24.8 Å². The minimum atomic E-state index is -0.181. The number of aryl methyl sites for hydroxylation is 3. The molecule has 0 bridgehead atoms. The molecule has 4 aromatic rings. The van der Waals surface area contributed by atoms with Gasteiger partial charge in [0.25, 0.3) is 11.1 Å². The van der Waals surface area contributed by atoms with Crippen molar-refractivity contribution in [2.24, 2.45) is 0 Å². The van der Waals surface area contributed by atoms with Gasteiger partial charge >= 0.3 is 0 Å². The molecule has 2 N–H and O–H groups in total. The van der Waals surface area contributed by atoms with Crippen molar-refractivity contribution in [3.05, 3.63) is 67.1 Å². The van der Waals surface area contributed by atoms with Crippen molar-refractivity contribution in [2.75, 3.05) is 26.2 Å². The molecular formula is C24H26N6O3S. The fourth-order valence-electron chi connectivity index (χ4n) is 4.38. The van der Waals surface area contributed by atoms with Crippen LogP contribution in [0.3, 0.4) is 0 Å². The smallest absolute Gasteiger partial charge is 0.259 e. The summed E-state index contributed by atoms with van der Waals surface area (Å²) in [7, 11) is 0. The van der Waals surface area contributed by atoms with Gasteiger partial charge in [-0.25, -0.2) is 9.97 Å². The quantitative estimate of drug-likeness (QED) is 0.454. The van der Waals surface area contributed by atoms with Crippen molar-refractivity contribution >= 4 is 38.4 Å². The van der Waals surface area contributed by atoms with Crippen LogP contribution in [0.5, 0.6) is 0 Å². The first-order valence-electron chi connectivity index (χ1n) is 11.4. The second-order valence-corrected chi connectivity index (χ2v) is 9.87. The Balaban J connectivity index is 1.17. The third kappa shape index (κ3) is 4.38. The molecule has 1 aliphatic heterocycles. The molecule has 1 amide bonds. The van der Waals surface area contributed by atoms with Crippen molar-refractivity contribution in [1.82, 2.24) is 29.7 Å². The number of aromatic nitrogens is 4. The van der Waals surface area contributed by atoms with Crippen LogP contribution >= 0.6 is 11.3 Å². The van der Waals surface area contributed by atoms with Crippen LogP contribution in [0.1, 0.15) is 28.5 Å². The minimum Gasteiger partial charge on any atom is -0.340 e. The summed E-state index contributed by atoms with van der Waals surface area (Å²) >= 11 is 1.55. The highest BCUT2D eigenvalue weighted by Crippen LogP contribution is 2.25. The van der Waals surface area contributed by atoms with Crippen LogP contribution in [0, 0.1) is 13.8 Å². The highest BCUT2D eigenvalue weighted by atomic mass is 32.1. The first kappa shape index (κ1) is 22.4. The number of hydrogen-bond acceptors (Lipinski definition) is 7. The molecule has 9 nitrogen and oxygen atoms in total. The highest BCUT2D eigenvalue weighted by Gasteiger charge is 2.22. The number of nitrogens with one attached hydrogen (secondary N) is 2. The maximum atomic E-state index is 12.7. The van der Waals surface area contributed by atoms with E-state index in [9.17, 15) is 14.4 Å². The number of hydrogen-bond donors (Lipinski definition) is 2. The zero-order chi connectivity index (χ0) is 23.8. The summed E-state index contributed by atoms with van der Waals surface area (Å²) in [4.78, 5) is 58.3. The average molecular weight is 479 g/mol. The second kappa shape index (κ2) is 9.11. The molecule has 0 spiro atoms. The van der Waals surface area contributed by atoms with Gasteiger partial charge in [-0.2, -0.15) is 0 Å². The standard InChI is InChI=1S/C24H26N6O3S/c1-14-15(2)34-24-21(14)23(33)27-19(28-24)13-29-9-11-30(12-10-29)20(31)8-7-18-25-17-6-4-3-5-16(17)22(32)26-18/h3-6H,7-13H2,1-2H3,(H,25,26,32)(H,27,28,33). The number of aromatic amines is 2. The molecule has 1 fully saturated rings. The molecular weight excluding hydrogens is 452 g/mol. The Labute approximate surface area is 199 Å². The van der Waals surface area contributed by atoms with Crippen LogP contribution in [0.2, 0.25) is 0 Å². The molecule has 1 saturated heterocycles. The lowest BCUT2D eigenvalue weighted by Gasteiger charge is -2.34. The lowest BCUT2D eigenvalue weighted by atomic mass is 10.2. The van der Waals surface area contributed by atoms with Crippen LogP contribution in [0.15, 0.2) is 33.9 Å². The Bertz CT molecular complexity index is 1500. The third-order valence-corrected chi connectivity index (χ3v) is 7.53. The maximum absolute atomic E-state index is 12.7. The first-order chi connectivity index (χ1) is 16.4. The fraction of sp³-hybridized carbons (Fsp3) is 0.375. The molecule has 1 aromatic carbocycles. The van der Waals surface area contributed by atoms with Crippen LogP contribution in [-0.2, 0) is 17.8 Å². The van der Waals surface area contributed by atoms with Gasteiger partial charge in [0.1, 0.15) is 16.5 Å². The summed E-state index contributed by atoms with van der Waals surface area (Å²) in [6, 6.07) is 7.18. The van der Waals surface area contributed by atoms with Gasteiger partial charge in [0.2, 0.25) is 5.91 Å². The number of rotatable bonds is 5. The Hall–Kier alpha value is -3.37. The molecule has 0 radical (unpaired) electrons. The zero-order valence-electron chi connectivity index (χ0n) is 19.2. The molecule has 3 aromatic heterocycles. The Kier molecular flexibility index (Phi) is 6.01. The Morgan fingerprint density at radius 1 is 1.00 bits per heavy atom. The van der Waals surface area contributed by atoms with E-state index in [4.69, 9.17) is 0 Å². The lowest BCUT2D eigenvalue weighted by molar-refractivity contribution is -0.133. The summed E-state index contributed by atoms with van der Waals surface area (Å²) in [5.41, 5.74) is 1.37. The zero-order valence-corrected chi connectivity index (χ0v) is 20.0. The first-order valence-corrected chi connectivity index (χ1v) is 12.2. The van der Waals surface area contributed by atoms with Gasteiger partial charge in [0.15, 0.2) is 0 Å². The SMILES string of the molecule is Cc1sc2nc(CN3CCN(C(=O)CCc4nc5ccccc5c(=O)[nH]4)CC3)[nH]c(=O)c2c1C. The number of amides is 1. The predicted molar refractivity (Wildman–Crippen MR) is 132 cm³/mol. The minimum absolute atomic E-state index is 0.0490. The number of carbonyl (C=O) groups excluding carboxylic acids is 1. The monoisotopic (exact) mass is 478 g/mol. The molecule has 34 heavy (non-hydrogen) atoms.